The van der Waals surface area contributed by atoms with Crippen LogP contribution in [0.3, 0.4) is 0 Å². The normalized spacial score (nSPS) is 14.8. The van der Waals surface area contributed by atoms with E-state index < -0.39 is 0 Å². The molecule has 25 heavy (non-hydrogen) atoms. The van der Waals surface area contributed by atoms with Crippen molar-refractivity contribution >= 4 is 23.2 Å². The molecule has 1 fully saturated rings. The summed E-state index contributed by atoms with van der Waals surface area (Å²) in [7, 11) is 1.62. The van der Waals surface area contributed by atoms with E-state index in [0.717, 1.165) is 22.0 Å². The molecule has 0 N–H and O–H groups in total. The van der Waals surface area contributed by atoms with Gasteiger partial charge in [-0.25, -0.2) is 4.98 Å². The zero-order chi connectivity index (χ0) is 18.0. The number of aryl methyl sites for hydroxylation is 2. The van der Waals surface area contributed by atoms with E-state index in [4.69, 9.17) is 4.74 Å². The van der Waals surface area contributed by atoms with Crippen LogP contribution in [-0.4, -0.2) is 53.3 Å². The number of hydrogen-bond acceptors (Lipinski definition) is 5. The lowest BCUT2D eigenvalue weighted by Crippen LogP contribution is -2.51. The summed E-state index contributed by atoms with van der Waals surface area (Å²) in [5.41, 5.74) is 1.75. The topological polar surface area (TPSA) is 62.7 Å². The van der Waals surface area contributed by atoms with Crippen LogP contribution in [0.4, 0.5) is 0 Å². The number of methoxy groups -OCH3 is 1. The highest BCUT2D eigenvalue weighted by Gasteiger charge is 2.29. The highest BCUT2D eigenvalue weighted by Crippen LogP contribution is 2.21. The molecule has 7 heteroatoms. The third-order valence-electron chi connectivity index (χ3n) is 4.21. The van der Waals surface area contributed by atoms with Crippen LogP contribution in [-0.2, 0) is 11.3 Å². The molecule has 1 aliphatic heterocycles. The number of amides is 2. The molecule has 1 saturated heterocycles. The van der Waals surface area contributed by atoms with Crippen molar-refractivity contribution in [1.82, 2.24) is 14.8 Å². The van der Waals surface area contributed by atoms with Crippen molar-refractivity contribution in [3.05, 3.63) is 45.4 Å². The van der Waals surface area contributed by atoms with E-state index in [9.17, 15) is 9.59 Å². The Balaban J connectivity index is 1.65. The molecule has 0 bridgehead atoms. The Morgan fingerprint density at radius 3 is 2.76 bits per heavy atom. The Labute approximate surface area is 151 Å². The number of ether oxygens (including phenoxy) is 1. The molecular weight excluding hydrogens is 338 g/mol. The fourth-order valence-corrected chi connectivity index (χ4v) is 3.80. The van der Waals surface area contributed by atoms with Crippen molar-refractivity contribution < 1.29 is 14.3 Å². The van der Waals surface area contributed by atoms with Crippen molar-refractivity contribution in [2.75, 3.05) is 26.7 Å². The first-order chi connectivity index (χ1) is 12.0. The summed E-state index contributed by atoms with van der Waals surface area (Å²) in [5, 5.41) is 0.865. The first-order valence-corrected chi connectivity index (χ1v) is 8.93. The van der Waals surface area contributed by atoms with E-state index in [0.29, 0.717) is 24.5 Å². The van der Waals surface area contributed by atoms with Gasteiger partial charge in [-0.3, -0.25) is 9.59 Å². The van der Waals surface area contributed by atoms with Gasteiger partial charge in [-0.15, -0.1) is 11.3 Å². The standard InChI is InChI=1S/C18H21N3O3S/c1-12-17(25-13(2)19-12)18(23)21-8-7-20(16(22)11-21)10-14-5-4-6-15(9-14)24-3/h4-6,9H,7-8,10-11H2,1-3H3. The van der Waals surface area contributed by atoms with Crippen LogP contribution in [0, 0.1) is 13.8 Å². The second-order valence-corrected chi connectivity index (χ2v) is 7.24. The maximum Gasteiger partial charge on any atom is 0.266 e. The molecule has 0 saturated carbocycles. The zero-order valence-electron chi connectivity index (χ0n) is 14.6. The minimum atomic E-state index is -0.0996. The Morgan fingerprint density at radius 2 is 2.12 bits per heavy atom. The van der Waals surface area contributed by atoms with E-state index >= 15 is 0 Å². The van der Waals surface area contributed by atoms with Gasteiger partial charge < -0.3 is 14.5 Å². The molecule has 0 radical (unpaired) electrons. The lowest BCUT2D eigenvalue weighted by atomic mass is 10.2. The quantitative estimate of drug-likeness (QED) is 0.840. The molecule has 0 atom stereocenters. The average Bonchev–Trinajstić information content (AvgIpc) is 2.94. The summed E-state index contributed by atoms with van der Waals surface area (Å²) in [5.74, 6) is 0.633. The van der Waals surface area contributed by atoms with Gasteiger partial charge in [0, 0.05) is 19.6 Å². The van der Waals surface area contributed by atoms with Crippen molar-refractivity contribution in [3.63, 3.8) is 0 Å². The minimum absolute atomic E-state index is 0.0405. The summed E-state index contributed by atoms with van der Waals surface area (Å²) >= 11 is 1.38. The number of carbonyl (C=O) groups is 2. The van der Waals surface area contributed by atoms with E-state index in [1.54, 1.807) is 16.9 Å². The van der Waals surface area contributed by atoms with Crippen LogP contribution in [0.5, 0.6) is 5.75 Å². The molecular formula is C18H21N3O3S. The van der Waals surface area contributed by atoms with E-state index in [-0.39, 0.29) is 18.4 Å². The zero-order valence-corrected chi connectivity index (χ0v) is 15.4. The number of hydrogen-bond donors (Lipinski definition) is 0. The maximum atomic E-state index is 12.6. The van der Waals surface area contributed by atoms with Crippen molar-refractivity contribution in [2.24, 2.45) is 0 Å². The Morgan fingerprint density at radius 1 is 1.32 bits per heavy atom. The summed E-state index contributed by atoms with van der Waals surface area (Å²) in [6, 6.07) is 7.68. The lowest BCUT2D eigenvalue weighted by molar-refractivity contribution is -0.135. The largest absolute Gasteiger partial charge is 0.497 e. The fraction of sp³-hybridized carbons (Fsp3) is 0.389. The van der Waals surface area contributed by atoms with Crippen LogP contribution in [0.2, 0.25) is 0 Å². The Kier molecular flexibility index (Phi) is 5.03. The third-order valence-corrected chi connectivity index (χ3v) is 5.27. The SMILES string of the molecule is COc1cccc(CN2CCN(C(=O)c3sc(C)nc3C)CC2=O)c1. The van der Waals surface area contributed by atoms with Gasteiger partial charge in [-0.2, -0.15) is 0 Å². The van der Waals surface area contributed by atoms with Gasteiger partial charge in [-0.05, 0) is 31.5 Å². The first kappa shape index (κ1) is 17.4. The van der Waals surface area contributed by atoms with E-state index in [1.807, 2.05) is 38.1 Å². The van der Waals surface area contributed by atoms with Crippen molar-refractivity contribution in [3.8, 4) is 5.75 Å². The molecule has 0 unspecified atom stereocenters. The monoisotopic (exact) mass is 359 g/mol. The number of nitrogens with zero attached hydrogens (tertiary/aromatic N) is 3. The molecule has 3 rings (SSSR count). The van der Waals surface area contributed by atoms with Gasteiger partial charge in [0.25, 0.3) is 5.91 Å². The second kappa shape index (κ2) is 7.23. The number of rotatable bonds is 4. The number of aromatic nitrogens is 1. The molecule has 2 amide bonds. The lowest BCUT2D eigenvalue weighted by Gasteiger charge is -2.34. The van der Waals surface area contributed by atoms with E-state index in [2.05, 4.69) is 4.98 Å². The molecule has 2 aromatic rings. The predicted octanol–water partition coefficient (Wildman–Crippen LogP) is 2.25. The van der Waals surface area contributed by atoms with Crippen LogP contribution in [0.15, 0.2) is 24.3 Å². The van der Waals surface area contributed by atoms with Crippen molar-refractivity contribution in [2.45, 2.75) is 20.4 Å². The van der Waals surface area contributed by atoms with Crippen molar-refractivity contribution in [1.29, 1.82) is 0 Å². The van der Waals surface area contributed by atoms with Gasteiger partial charge in [0.1, 0.15) is 17.2 Å². The van der Waals surface area contributed by atoms with Gasteiger partial charge in [0.2, 0.25) is 5.91 Å². The average molecular weight is 359 g/mol. The number of thiazole rings is 1. The fourth-order valence-electron chi connectivity index (χ4n) is 2.91. The molecule has 2 heterocycles. The number of piperazine rings is 1. The molecule has 1 aromatic carbocycles. The molecule has 132 valence electrons. The molecule has 0 spiro atoms. The molecule has 1 aromatic heterocycles. The second-order valence-electron chi connectivity index (χ2n) is 6.04. The number of carbonyl (C=O) groups excluding carboxylic acids is 2. The summed E-state index contributed by atoms with van der Waals surface area (Å²) in [6.07, 6.45) is 0. The highest BCUT2D eigenvalue weighted by molar-refractivity contribution is 7.13. The van der Waals surface area contributed by atoms with Crippen LogP contribution in [0.25, 0.3) is 0 Å². The van der Waals surface area contributed by atoms with Gasteiger partial charge >= 0.3 is 0 Å². The van der Waals surface area contributed by atoms with Crippen LogP contribution < -0.4 is 4.74 Å². The van der Waals surface area contributed by atoms with Gasteiger partial charge in [-0.1, -0.05) is 12.1 Å². The van der Waals surface area contributed by atoms with Crippen LogP contribution in [0.1, 0.15) is 25.9 Å². The van der Waals surface area contributed by atoms with Gasteiger partial charge in [0.15, 0.2) is 0 Å². The minimum Gasteiger partial charge on any atom is -0.497 e. The first-order valence-electron chi connectivity index (χ1n) is 8.12. The number of benzene rings is 1. The maximum absolute atomic E-state index is 12.6. The summed E-state index contributed by atoms with van der Waals surface area (Å²) < 4.78 is 5.22. The third kappa shape index (κ3) is 3.82. The van der Waals surface area contributed by atoms with Gasteiger partial charge in [0.05, 0.1) is 17.8 Å². The van der Waals surface area contributed by atoms with Crippen LogP contribution >= 0.6 is 11.3 Å². The smallest absolute Gasteiger partial charge is 0.266 e. The highest BCUT2D eigenvalue weighted by atomic mass is 32.1. The molecule has 1 aliphatic rings. The molecule has 0 aliphatic carbocycles. The summed E-state index contributed by atoms with van der Waals surface area (Å²) in [6.45, 7) is 5.41. The predicted molar refractivity (Wildman–Crippen MR) is 95.9 cm³/mol. The summed E-state index contributed by atoms with van der Waals surface area (Å²) in [4.78, 5) is 33.4. The van der Waals surface area contributed by atoms with E-state index in [1.165, 1.54) is 11.3 Å². The molecule has 6 nitrogen and oxygen atoms in total. The Hall–Kier alpha value is -2.41. The Bertz CT molecular complexity index is 803.